The Morgan fingerprint density at radius 3 is 2.67 bits per heavy atom. The van der Waals surface area contributed by atoms with Crippen molar-refractivity contribution in [1.29, 1.82) is 0 Å². The molecule has 0 aliphatic carbocycles. The van der Waals surface area contributed by atoms with Gasteiger partial charge in [-0.3, -0.25) is 4.79 Å². The van der Waals surface area contributed by atoms with Gasteiger partial charge in [0.25, 0.3) is 0 Å². The molecule has 0 atom stereocenters. The lowest BCUT2D eigenvalue weighted by atomic mass is 10.0. The molecule has 0 unspecified atom stereocenters. The maximum Gasteiger partial charge on any atom is 0.343 e. The van der Waals surface area contributed by atoms with Crippen molar-refractivity contribution < 1.29 is 19.1 Å². The number of ketones is 1. The number of allylic oxidation sites excluding steroid dienone is 1. The molecule has 0 spiro atoms. The molecule has 1 aliphatic heterocycles. The summed E-state index contributed by atoms with van der Waals surface area (Å²) in [6.07, 6.45) is 3.81. The van der Waals surface area contributed by atoms with Crippen LogP contribution in [0.2, 0.25) is 0 Å². The third-order valence-corrected chi connectivity index (χ3v) is 5.85. The fourth-order valence-corrected chi connectivity index (χ4v) is 4.27. The van der Waals surface area contributed by atoms with Crippen LogP contribution in [0.15, 0.2) is 72.6 Å². The van der Waals surface area contributed by atoms with Crippen LogP contribution in [-0.2, 0) is 6.54 Å². The van der Waals surface area contributed by atoms with Crippen molar-refractivity contribution in [3.63, 3.8) is 0 Å². The van der Waals surface area contributed by atoms with E-state index in [4.69, 9.17) is 9.47 Å². The van der Waals surface area contributed by atoms with Crippen LogP contribution in [0.1, 0.15) is 44.3 Å². The summed E-state index contributed by atoms with van der Waals surface area (Å²) >= 11 is 0. The quantitative estimate of drug-likeness (QED) is 0.219. The van der Waals surface area contributed by atoms with E-state index in [1.165, 1.54) is 0 Å². The number of fused-ring (bicyclic) bond motifs is 2. The van der Waals surface area contributed by atoms with Gasteiger partial charge in [-0.1, -0.05) is 35.9 Å². The molecular formula is C28H23NO4. The molecule has 5 rings (SSSR count). The highest BCUT2D eigenvalue weighted by molar-refractivity contribution is 6.16. The summed E-state index contributed by atoms with van der Waals surface area (Å²) in [5.41, 5.74) is 4.67. The van der Waals surface area contributed by atoms with E-state index in [0.29, 0.717) is 28.2 Å². The van der Waals surface area contributed by atoms with Gasteiger partial charge in [-0.25, -0.2) is 4.79 Å². The van der Waals surface area contributed by atoms with Gasteiger partial charge in [-0.15, -0.1) is 0 Å². The maximum atomic E-state index is 13.1. The van der Waals surface area contributed by atoms with E-state index in [1.54, 1.807) is 30.3 Å². The van der Waals surface area contributed by atoms with Crippen molar-refractivity contribution in [3.8, 4) is 11.5 Å². The van der Waals surface area contributed by atoms with Crippen molar-refractivity contribution >= 4 is 28.7 Å². The van der Waals surface area contributed by atoms with Crippen LogP contribution >= 0.6 is 0 Å². The SMILES string of the molecule is CCn1cc(/C=C2\Oc3cc(OC(=O)c4cccc(C)c4)cc(C)c3C2=O)c2ccccc21. The molecule has 0 N–H and O–H groups in total. The summed E-state index contributed by atoms with van der Waals surface area (Å²) in [7, 11) is 0. The summed E-state index contributed by atoms with van der Waals surface area (Å²) in [6, 6.07) is 18.6. The molecule has 5 heteroatoms. The minimum Gasteiger partial charge on any atom is -0.452 e. The molecule has 4 aromatic rings. The normalized spacial score (nSPS) is 13.9. The molecule has 0 fully saturated rings. The first-order valence-corrected chi connectivity index (χ1v) is 10.9. The van der Waals surface area contributed by atoms with Crippen LogP contribution in [0, 0.1) is 13.8 Å². The first-order valence-electron chi connectivity index (χ1n) is 10.9. The number of aromatic nitrogens is 1. The number of aryl methyl sites for hydroxylation is 3. The first-order chi connectivity index (χ1) is 15.9. The summed E-state index contributed by atoms with van der Waals surface area (Å²) in [4.78, 5) is 25.7. The lowest BCUT2D eigenvalue weighted by Gasteiger charge is -2.08. The predicted octanol–water partition coefficient (Wildman–Crippen LogP) is 6.11. The van der Waals surface area contributed by atoms with Crippen molar-refractivity contribution in [2.75, 3.05) is 0 Å². The molecule has 0 saturated carbocycles. The van der Waals surface area contributed by atoms with Gasteiger partial charge < -0.3 is 14.0 Å². The smallest absolute Gasteiger partial charge is 0.343 e. The van der Waals surface area contributed by atoms with Gasteiger partial charge in [0.1, 0.15) is 11.5 Å². The number of Topliss-reactive ketones (excluding diaryl/α,β-unsaturated/α-hetero) is 1. The van der Waals surface area contributed by atoms with Gasteiger partial charge in [-0.05, 0) is 56.7 Å². The standard InChI is InChI=1S/C28H23NO4/c1-4-29-16-20(22-10-5-6-11-23(22)29)14-25-27(30)26-18(3)13-21(15-24(26)33-25)32-28(31)19-9-7-8-17(2)12-19/h5-16H,4H2,1-3H3/b25-14-. The first kappa shape index (κ1) is 20.8. The molecule has 5 nitrogen and oxygen atoms in total. The predicted molar refractivity (Wildman–Crippen MR) is 128 cm³/mol. The Morgan fingerprint density at radius 1 is 1.06 bits per heavy atom. The molecule has 0 bridgehead atoms. The number of carbonyl (C=O) groups excluding carboxylic acids is 2. The zero-order valence-corrected chi connectivity index (χ0v) is 18.7. The highest BCUT2D eigenvalue weighted by atomic mass is 16.5. The van der Waals surface area contributed by atoms with E-state index in [1.807, 2.05) is 50.4 Å². The lowest BCUT2D eigenvalue weighted by molar-refractivity contribution is 0.0734. The maximum absolute atomic E-state index is 13.1. The number of benzene rings is 3. The largest absolute Gasteiger partial charge is 0.452 e. The monoisotopic (exact) mass is 437 g/mol. The topological polar surface area (TPSA) is 57.5 Å². The summed E-state index contributed by atoms with van der Waals surface area (Å²) < 4.78 is 13.7. The minimum atomic E-state index is -0.453. The number of ether oxygens (including phenoxy) is 2. The van der Waals surface area contributed by atoms with Crippen LogP contribution in [0.25, 0.3) is 17.0 Å². The molecule has 164 valence electrons. The molecule has 0 amide bonds. The van der Waals surface area contributed by atoms with E-state index >= 15 is 0 Å². The minimum absolute atomic E-state index is 0.174. The van der Waals surface area contributed by atoms with Gasteiger partial charge in [0.05, 0.1) is 11.1 Å². The second-order valence-corrected chi connectivity index (χ2v) is 8.20. The molecule has 33 heavy (non-hydrogen) atoms. The van der Waals surface area contributed by atoms with Crippen LogP contribution in [0.5, 0.6) is 11.5 Å². The zero-order chi connectivity index (χ0) is 23.1. The zero-order valence-electron chi connectivity index (χ0n) is 18.7. The van der Waals surface area contributed by atoms with Crippen LogP contribution in [0.4, 0.5) is 0 Å². The van der Waals surface area contributed by atoms with E-state index in [0.717, 1.165) is 28.6 Å². The molecular weight excluding hydrogens is 414 g/mol. The highest BCUT2D eigenvalue weighted by Crippen LogP contribution is 2.38. The van der Waals surface area contributed by atoms with Gasteiger partial charge in [0.2, 0.25) is 5.78 Å². The van der Waals surface area contributed by atoms with E-state index in [2.05, 4.69) is 17.6 Å². The Balaban J connectivity index is 1.47. The molecule has 0 saturated heterocycles. The molecule has 0 radical (unpaired) electrons. The number of hydrogen-bond donors (Lipinski definition) is 0. The Morgan fingerprint density at radius 2 is 1.88 bits per heavy atom. The van der Waals surface area contributed by atoms with Gasteiger partial charge in [-0.2, -0.15) is 0 Å². The summed E-state index contributed by atoms with van der Waals surface area (Å²) in [5.74, 6) is 0.374. The average molecular weight is 437 g/mol. The van der Waals surface area contributed by atoms with Crippen molar-refractivity contribution in [2.24, 2.45) is 0 Å². The Labute approximate surface area is 191 Å². The summed E-state index contributed by atoms with van der Waals surface area (Å²) in [6.45, 7) is 6.64. The van der Waals surface area contributed by atoms with Crippen molar-refractivity contribution in [2.45, 2.75) is 27.3 Å². The Kier molecular flexibility index (Phi) is 5.09. The number of nitrogens with zero attached hydrogens (tertiary/aromatic N) is 1. The molecule has 3 aromatic carbocycles. The van der Waals surface area contributed by atoms with Gasteiger partial charge in [0.15, 0.2) is 5.76 Å². The van der Waals surface area contributed by atoms with E-state index in [9.17, 15) is 9.59 Å². The second-order valence-electron chi connectivity index (χ2n) is 8.20. The third-order valence-electron chi connectivity index (χ3n) is 5.85. The van der Waals surface area contributed by atoms with Gasteiger partial charge >= 0.3 is 5.97 Å². The second kappa shape index (κ2) is 8.10. The highest BCUT2D eigenvalue weighted by Gasteiger charge is 2.30. The molecule has 1 aromatic heterocycles. The number of hydrogen-bond acceptors (Lipinski definition) is 4. The number of para-hydroxylation sites is 1. The fourth-order valence-electron chi connectivity index (χ4n) is 4.27. The molecule has 1 aliphatic rings. The van der Waals surface area contributed by atoms with Crippen molar-refractivity contribution in [1.82, 2.24) is 4.57 Å². The van der Waals surface area contributed by atoms with Crippen LogP contribution < -0.4 is 9.47 Å². The Bertz CT molecular complexity index is 1460. The number of carbonyl (C=O) groups is 2. The molecule has 2 heterocycles. The average Bonchev–Trinajstić information content (AvgIpc) is 3.31. The number of esters is 1. The van der Waals surface area contributed by atoms with Crippen LogP contribution in [-0.4, -0.2) is 16.3 Å². The third kappa shape index (κ3) is 3.72. The van der Waals surface area contributed by atoms with E-state index < -0.39 is 5.97 Å². The summed E-state index contributed by atoms with van der Waals surface area (Å²) in [5, 5.41) is 1.06. The van der Waals surface area contributed by atoms with Crippen molar-refractivity contribution in [3.05, 3.63) is 100 Å². The fraction of sp³-hybridized carbons (Fsp3) is 0.143. The van der Waals surface area contributed by atoms with E-state index in [-0.39, 0.29) is 11.5 Å². The number of rotatable bonds is 4. The Hall–Kier alpha value is -4.12. The lowest BCUT2D eigenvalue weighted by Crippen LogP contribution is -2.09. The van der Waals surface area contributed by atoms with Gasteiger partial charge in [0, 0.05) is 35.3 Å². The van der Waals surface area contributed by atoms with Crippen LogP contribution in [0.3, 0.4) is 0 Å².